The Morgan fingerprint density at radius 2 is 0.745 bits per heavy atom. The average molecular weight is 699 g/mol. The van der Waals surface area contributed by atoms with Gasteiger partial charge in [0.25, 0.3) is 0 Å². The van der Waals surface area contributed by atoms with Gasteiger partial charge in [0.15, 0.2) is 0 Å². The highest BCUT2D eigenvalue weighted by molar-refractivity contribution is 6.21. The summed E-state index contributed by atoms with van der Waals surface area (Å²) in [5.74, 6) is 0. The van der Waals surface area contributed by atoms with E-state index < -0.39 is 0 Å². The first-order valence-corrected chi connectivity index (χ1v) is 19.4. The van der Waals surface area contributed by atoms with Gasteiger partial charge in [0.2, 0.25) is 0 Å². The zero-order valence-corrected chi connectivity index (χ0v) is 31.0. The molecule has 0 aromatic heterocycles. The Morgan fingerprint density at radius 3 is 1.44 bits per heavy atom. The first-order valence-electron chi connectivity index (χ1n) is 19.4. The van der Waals surface area contributed by atoms with E-state index in [0.717, 1.165) is 0 Å². The second-order valence-corrected chi connectivity index (χ2v) is 15.6. The van der Waals surface area contributed by atoms with E-state index >= 15 is 0 Å². The molecular weight excluding hydrogens is 661 g/mol. The second kappa shape index (κ2) is 12.1. The topological polar surface area (TPSA) is 0 Å². The number of fused-ring (bicyclic) bond motifs is 8. The zero-order valence-electron chi connectivity index (χ0n) is 31.0. The molecule has 0 spiro atoms. The molecule has 0 heterocycles. The SMILES string of the molecule is CC1(C)c2ccccc2-c2c1cc(-c1ccc(-c3c4ccccc4c(-c4cccc(-c5cccc6ccccc56)c4)c4ccccc34)cc1)c1ccccc21. The lowest BCUT2D eigenvalue weighted by atomic mass is 9.80. The average Bonchev–Trinajstić information content (AvgIpc) is 3.48. The van der Waals surface area contributed by atoms with E-state index in [4.69, 9.17) is 0 Å². The van der Waals surface area contributed by atoms with Crippen molar-refractivity contribution in [3.05, 3.63) is 205 Å². The smallest absolute Gasteiger partial charge is 0.0159 e. The minimum Gasteiger partial charge on any atom is -0.0619 e. The van der Waals surface area contributed by atoms with Gasteiger partial charge < -0.3 is 0 Å². The van der Waals surface area contributed by atoms with Gasteiger partial charge in [-0.2, -0.15) is 0 Å². The van der Waals surface area contributed by atoms with Crippen molar-refractivity contribution in [2.75, 3.05) is 0 Å². The Morgan fingerprint density at radius 1 is 0.273 bits per heavy atom. The van der Waals surface area contributed by atoms with Crippen molar-refractivity contribution in [3.8, 4) is 55.6 Å². The number of rotatable bonds is 4. The van der Waals surface area contributed by atoms with Crippen LogP contribution >= 0.6 is 0 Å². The van der Waals surface area contributed by atoms with E-state index in [9.17, 15) is 0 Å². The molecule has 0 unspecified atom stereocenters. The largest absolute Gasteiger partial charge is 0.0619 e. The van der Waals surface area contributed by atoms with Gasteiger partial charge >= 0.3 is 0 Å². The van der Waals surface area contributed by atoms with E-state index in [0.29, 0.717) is 0 Å². The Kier molecular flexibility index (Phi) is 7.00. The molecule has 55 heavy (non-hydrogen) atoms. The van der Waals surface area contributed by atoms with Crippen LogP contribution in [0.1, 0.15) is 25.0 Å². The van der Waals surface area contributed by atoms with Gasteiger partial charge in [0.05, 0.1) is 0 Å². The standard InChI is InChI=1S/C55H38/c1-55(2)50-28-12-11-26-48(50)54-43-21-6-5-20-42(43)49(34-51(54)55)36-29-31-37(32-30-36)52-44-22-7-9-24-46(44)53(47-25-10-8-23-45(47)52)39-18-13-17-38(33-39)41-27-14-16-35-15-3-4-19-40(35)41/h3-34H,1-2H3. The van der Waals surface area contributed by atoms with Crippen LogP contribution < -0.4 is 0 Å². The molecule has 0 radical (unpaired) electrons. The van der Waals surface area contributed by atoms with Gasteiger partial charge in [0.1, 0.15) is 0 Å². The Hall–Kier alpha value is -6.76. The summed E-state index contributed by atoms with van der Waals surface area (Å²) < 4.78 is 0. The lowest BCUT2D eigenvalue weighted by molar-refractivity contribution is 0.661. The third-order valence-corrected chi connectivity index (χ3v) is 12.3. The van der Waals surface area contributed by atoms with Crippen LogP contribution in [0.15, 0.2) is 194 Å². The summed E-state index contributed by atoms with van der Waals surface area (Å²) in [6.07, 6.45) is 0. The molecule has 258 valence electrons. The number of benzene rings is 10. The van der Waals surface area contributed by atoms with Crippen LogP contribution in [0.4, 0.5) is 0 Å². The fourth-order valence-electron chi connectivity index (χ4n) is 9.67. The van der Waals surface area contributed by atoms with Crippen molar-refractivity contribution in [1.82, 2.24) is 0 Å². The molecule has 0 N–H and O–H groups in total. The lowest BCUT2D eigenvalue weighted by Crippen LogP contribution is -2.15. The second-order valence-electron chi connectivity index (χ2n) is 15.6. The van der Waals surface area contributed by atoms with Crippen LogP contribution in [-0.4, -0.2) is 0 Å². The predicted octanol–water partition coefficient (Wildman–Crippen LogP) is 15.3. The first kappa shape index (κ1) is 31.7. The van der Waals surface area contributed by atoms with E-state index in [1.165, 1.54) is 110 Å². The van der Waals surface area contributed by atoms with Gasteiger partial charge in [-0.1, -0.05) is 196 Å². The Labute approximate surface area is 322 Å². The van der Waals surface area contributed by atoms with E-state index in [1.54, 1.807) is 0 Å². The molecule has 0 atom stereocenters. The monoisotopic (exact) mass is 698 g/mol. The summed E-state index contributed by atoms with van der Waals surface area (Å²) in [6, 6.07) is 72.1. The van der Waals surface area contributed by atoms with Crippen LogP contribution in [0, 0.1) is 0 Å². The molecule has 0 saturated carbocycles. The van der Waals surface area contributed by atoms with Gasteiger partial charge in [-0.25, -0.2) is 0 Å². The third-order valence-electron chi connectivity index (χ3n) is 12.3. The van der Waals surface area contributed by atoms with Crippen LogP contribution in [0.25, 0.3) is 98.7 Å². The van der Waals surface area contributed by atoms with E-state index in [1.807, 2.05) is 0 Å². The summed E-state index contributed by atoms with van der Waals surface area (Å²) in [5.41, 5.74) is 15.5. The molecular formula is C55H38. The van der Waals surface area contributed by atoms with Crippen molar-refractivity contribution in [3.63, 3.8) is 0 Å². The lowest BCUT2D eigenvalue weighted by Gasteiger charge is -2.23. The molecule has 0 amide bonds. The Balaban J connectivity index is 1.08. The van der Waals surface area contributed by atoms with E-state index in [-0.39, 0.29) is 5.41 Å². The summed E-state index contributed by atoms with van der Waals surface area (Å²) in [7, 11) is 0. The Bertz CT molecular complexity index is 3100. The van der Waals surface area contributed by atoms with Crippen LogP contribution in [0.5, 0.6) is 0 Å². The van der Waals surface area contributed by atoms with Gasteiger partial charge in [-0.3, -0.25) is 0 Å². The normalized spacial score (nSPS) is 13.1. The molecule has 1 aliphatic carbocycles. The first-order chi connectivity index (χ1) is 27.1. The summed E-state index contributed by atoms with van der Waals surface area (Å²) in [6.45, 7) is 4.75. The molecule has 10 aromatic rings. The molecule has 10 aromatic carbocycles. The summed E-state index contributed by atoms with van der Waals surface area (Å²) in [5, 5.41) is 10.2. The molecule has 0 heteroatoms. The zero-order chi connectivity index (χ0) is 36.7. The molecule has 0 bridgehead atoms. The fourth-order valence-corrected chi connectivity index (χ4v) is 9.67. The minimum absolute atomic E-state index is 0.0708. The molecule has 1 aliphatic rings. The van der Waals surface area contributed by atoms with Crippen molar-refractivity contribution in [1.29, 1.82) is 0 Å². The quantitative estimate of drug-likeness (QED) is 0.161. The molecule has 0 fully saturated rings. The van der Waals surface area contributed by atoms with Gasteiger partial charge in [-0.05, 0) is 122 Å². The van der Waals surface area contributed by atoms with Crippen molar-refractivity contribution in [2.24, 2.45) is 0 Å². The highest BCUT2D eigenvalue weighted by atomic mass is 14.4. The van der Waals surface area contributed by atoms with Crippen LogP contribution in [-0.2, 0) is 5.41 Å². The number of hydrogen-bond donors (Lipinski definition) is 0. The van der Waals surface area contributed by atoms with Crippen molar-refractivity contribution >= 4 is 43.1 Å². The maximum Gasteiger partial charge on any atom is 0.0159 e. The highest BCUT2D eigenvalue weighted by Gasteiger charge is 2.37. The van der Waals surface area contributed by atoms with Crippen LogP contribution in [0.3, 0.4) is 0 Å². The van der Waals surface area contributed by atoms with Gasteiger partial charge in [-0.15, -0.1) is 0 Å². The van der Waals surface area contributed by atoms with Gasteiger partial charge in [0, 0.05) is 5.41 Å². The molecule has 0 saturated heterocycles. The predicted molar refractivity (Wildman–Crippen MR) is 236 cm³/mol. The maximum atomic E-state index is 2.47. The van der Waals surface area contributed by atoms with Crippen molar-refractivity contribution in [2.45, 2.75) is 19.3 Å². The van der Waals surface area contributed by atoms with E-state index in [2.05, 4.69) is 208 Å². The molecule has 0 aliphatic heterocycles. The summed E-state index contributed by atoms with van der Waals surface area (Å²) in [4.78, 5) is 0. The van der Waals surface area contributed by atoms with Crippen molar-refractivity contribution < 1.29 is 0 Å². The number of hydrogen-bond acceptors (Lipinski definition) is 0. The third kappa shape index (κ3) is 4.78. The summed E-state index contributed by atoms with van der Waals surface area (Å²) >= 11 is 0. The minimum atomic E-state index is -0.0708. The molecule has 0 nitrogen and oxygen atoms in total. The van der Waals surface area contributed by atoms with Crippen LogP contribution in [0.2, 0.25) is 0 Å². The fraction of sp³-hybridized carbons (Fsp3) is 0.0545. The maximum absolute atomic E-state index is 2.47. The highest BCUT2D eigenvalue weighted by Crippen LogP contribution is 2.53. The molecule has 11 rings (SSSR count).